The maximum Gasteiger partial charge on any atom is 0.175 e. The Kier molecular flexibility index (Phi) is 5.82. The summed E-state index contributed by atoms with van der Waals surface area (Å²) in [5.41, 5.74) is 4.03. The van der Waals surface area contributed by atoms with E-state index in [0.717, 1.165) is 40.3 Å². The van der Waals surface area contributed by atoms with Gasteiger partial charge >= 0.3 is 0 Å². The lowest BCUT2D eigenvalue weighted by atomic mass is 10.2. The first-order chi connectivity index (χ1) is 9.74. The fourth-order valence-corrected chi connectivity index (χ4v) is 2.98. The Balaban J connectivity index is 2.02. The molecule has 4 nitrogen and oxygen atoms in total. The van der Waals surface area contributed by atoms with Gasteiger partial charge in [0, 0.05) is 18.5 Å². The molecule has 1 aromatic heterocycles. The summed E-state index contributed by atoms with van der Waals surface area (Å²) in [6.07, 6.45) is 0. The number of halogens is 1. The van der Waals surface area contributed by atoms with E-state index in [9.17, 15) is 0 Å². The monoisotopic (exact) mass is 356 g/mol. The molecule has 0 atom stereocenters. The van der Waals surface area contributed by atoms with Crippen LogP contribution in [-0.2, 0) is 13.1 Å². The molecule has 0 radical (unpaired) electrons. The van der Waals surface area contributed by atoms with Crippen LogP contribution < -0.4 is 14.8 Å². The molecule has 0 spiro atoms. The van der Waals surface area contributed by atoms with Crippen molar-refractivity contribution >= 4 is 27.3 Å². The van der Waals surface area contributed by atoms with Crippen LogP contribution in [0.2, 0.25) is 0 Å². The molecule has 2 rings (SSSR count). The number of hydrogen-bond donors (Lipinski definition) is 1. The molecule has 108 valence electrons. The molecule has 0 fully saturated rings. The summed E-state index contributed by atoms with van der Waals surface area (Å²) in [6, 6.07) is 4.03. The Hall–Kier alpha value is -1.11. The van der Waals surface area contributed by atoms with E-state index in [1.54, 1.807) is 18.4 Å². The van der Waals surface area contributed by atoms with Gasteiger partial charge in [-0.3, -0.25) is 0 Å². The molecular formula is C14H17BrN2O2S. The van der Waals surface area contributed by atoms with Crippen molar-refractivity contribution in [2.45, 2.75) is 20.0 Å². The second kappa shape index (κ2) is 7.61. The van der Waals surface area contributed by atoms with E-state index in [4.69, 9.17) is 9.47 Å². The Labute approximate surface area is 131 Å². The molecule has 1 heterocycles. The van der Waals surface area contributed by atoms with Gasteiger partial charge in [0.25, 0.3) is 0 Å². The number of aromatic nitrogens is 1. The molecule has 0 aliphatic carbocycles. The number of benzene rings is 1. The second-order valence-electron chi connectivity index (χ2n) is 4.13. The highest BCUT2D eigenvalue weighted by atomic mass is 79.9. The number of ether oxygens (including phenoxy) is 2. The summed E-state index contributed by atoms with van der Waals surface area (Å²) in [6.45, 7) is 4.07. The molecule has 6 heteroatoms. The number of methoxy groups -OCH3 is 1. The van der Waals surface area contributed by atoms with E-state index >= 15 is 0 Å². The summed E-state index contributed by atoms with van der Waals surface area (Å²) in [5.74, 6) is 1.49. The van der Waals surface area contributed by atoms with Gasteiger partial charge in [-0.05, 0) is 40.5 Å². The van der Waals surface area contributed by atoms with Gasteiger partial charge in [0.05, 0.1) is 29.4 Å². The van der Waals surface area contributed by atoms with Crippen LogP contribution in [0.3, 0.4) is 0 Å². The van der Waals surface area contributed by atoms with Crippen molar-refractivity contribution < 1.29 is 9.47 Å². The molecule has 0 aliphatic rings. The van der Waals surface area contributed by atoms with Gasteiger partial charge in [-0.25, -0.2) is 4.98 Å². The topological polar surface area (TPSA) is 43.4 Å². The highest BCUT2D eigenvalue weighted by Gasteiger charge is 2.11. The number of rotatable bonds is 7. The Morgan fingerprint density at radius 1 is 1.35 bits per heavy atom. The fraction of sp³-hybridized carbons (Fsp3) is 0.357. The zero-order valence-electron chi connectivity index (χ0n) is 11.5. The third-order valence-electron chi connectivity index (χ3n) is 2.70. The van der Waals surface area contributed by atoms with Crippen LogP contribution >= 0.6 is 27.3 Å². The van der Waals surface area contributed by atoms with Crippen molar-refractivity contribution in [1.29, 1.82) is 0 Å². The predicted molar refractivity (Wildman–Crippen MR) is 84.5 cm³/mol. The van der Waals surface area contributed by atoms with Crippen LogP contribution in [0.1, 0.15) is 18.2 Å². The highest BCUT2D eigenvalue weighted by molar-refractivity contribution is 9.10. The smallest absolute Gasteiger partial charge is 0.175 e. The zero-order valence-corrected chi connectivity index (χ0v) is 13.9. The van der Waals surface area contributed by atoms with Crippen LogP contribution in [0.25, 0.3) is 0 Å². The minimum Gasteiger partial charge on any atom is -0.493 e. The normalized spacial score (nSPS) is 10.6. The molecule has 0 aliphatic heterocycles. The SMILES string of the molecule is CCOc1c(Br)cc(CNCc2cscn2)cc1OC. The minimum absolute atomic E-state index is 0.608. The highest BCUT2D eigenvalue weighted by Crippen LogP contribution is 2.36. The Bertz CT molecular complexity index is 546. The summed E-state index contributed by atoms with van der Waals surface area (Å²) < 4.78 is 11.9. The van der Waals surface area contributed by atoms with Gasteiger partial charge in [-0.2, -0.15) is 0 Å². The summed E-state index contributed by atoms with van der Waals surface area (Å²) in [7, 11) is 1.65. The van der Waals surface area contributed by atoms with Crippen molar-refractivity contribution in [2.75, 3.05) is 13.7 Å². The molecule has 20 heavy (non-hydrogen) atoms. The summed E-state index contributed by atoms with van der Waals surface area (Å²) in [4.78, 5) is 4.24. The lowest BCUT2D eigenvalue weighted by Crippen LogP contribution is -2.13. The standard InChI is InChI=1S/C14H17BrN2O2S/c1-3-19-14-12(15)4-10(5-13(14)18-2)6-16-7-11-8-20-9-17-11/h4-5,8-9,16H,3,6-7H2,1-2H3. The van der Waals surface area contributed by atoms with Gasteiger partial charge in [-0.1, -0.05) is 0 Å². The first kappa shape index (κ1) is 15.3. The average molecular weight is 357 g/mol. The van der Waals surface area contributed by atoms with Gasteiger partial charge in [-0.15, -0.1) is 11.3 Å². The molecule has 0 amide bonds. The van der Waals surface area contributed by atoms with Gasteiger partial charge in [0.2, 0.25) is 0 Å². The second-order valence-corrected chi connectivity index (χ2v) is 5.70. The van der Waals surface area contributed by atoms with Gasteiger partial charge in [0.15, 0.2) is 11.5 Å². The number of hydrogen-bond acceptors (Lipinski definition) is 5. The third kappa shape index (κ3) is 3.94. The molecule has 1 N–H and O–H groups in total. The Morgan fingerprint density at radius 3 is 2.85 bits per heavy atom. The van der Waals surface area contributed by atoms with Crippen molar-refractivity contribution in [1.82, 2.24) is 10.3 Å². The molecule has 0 saturated heterocycles. The largest absolute Gasteiger partial charge is 0.493 e. The quantitative estimate of drug-likeness (QED) is 0.822. The van der Waals surface area contributed by atoms with E-state index in [1.165, 1.54) is 0 Å². The molecule has 0 unspecified atom stereocenters. The first-order valence-corrected chi connectivity index (χ1v) is 8.05. The minimum atomic E-state index is 0.608. The van der Waals surface area contributed by atoms with Crippen LogP contribution in [0.5, 0.6) is 11.5 Å². The van der Waals surface area contributed by atoms with Crippen LogP contribution in [-0.4, -0.2) is 18.7 Å². The average Bonchev–Trinajstić information content (AvgIpc) is 2.94. The Morgan fingerprint density at radius 2 is 2.20 bits per heavy atom. The predicted octanol–water partition coefficient (Wildman–Crippen LogP) is 3.60. The molecular weight excluding hydrogens is 340 g/mol. The number of thiazole rings is 1. The molecule has 0 bridgehead atoms. The van der Waals surface area contributed by atoms with Crippen molar-refractivity contribution in [3.63, 3.8) is 0 Å². The zero-order chi connectivity index (χ0) is 14.4. The van der Waals surface area contributed by atoms with Crippen molar-refractivity contribution in [3.05, 3.63) is 38.8 Å². The summed E-state index contributed by atoms with van der Waals surface area (Å²) >= 11 is 5.13. The number of nitrogens with one attached hydrogen (secondary N) is 1. The summed E-state index contributed by atoms with van der Waals surface area (Å²) in [5, 5.41) is 5.40. The van der Waals surface area contributed by atoms with E-state index in [-0.39, 0.29) is 0 Å². The third-order valence-corrected chi connectivity index (χ3v) is 3.92. The van der Waals surface area contributed by atoms with Gasteiger partial charge < -0.3 is 14.8 Å². The van der Waals surface area contributed by atoms with Crippen LogP contribution in [0.15, 0.2) is 27.5 Å². The van der Waals surface area contributed by atoms with Crippen molar-refractivity contribution in [2.24, 2.45) is 0 Å². The first-order valence-electron chi connectivity index (χ1n) is 6.31. The fourth-order valence-electron chi connectivity index (χ4n) is 1.82. The maximum absolute atomic E-state index is 5.58. The molecule has 2 aromatic rings. The maximum atomic E-state index is 5.58. The van der Waals surface area contributed by atoms with E-state index < -0.39 is 0 Å². The number of nitrogens with zero attached hydrogens (tertiary/aromatic N) is 1. The molecule has 0 saturated carbocycles. The lowest BCUT2D eigenvalue weighted by molar-refractivity contribution is 0.308. The lowest BCUT2D eigenvalue weighted by Gasteiger charge is -2.13. The van der Waals surface area contributed by atoms with Crippen molar-refractivity contribution in [3.8, 4) is 11.5 Å². The van der Waals surface area contributed by atoms with E-state index in [1.807, 2.05) is 29.9 Å². The molecule has 1 aromatic carbocycles. The van der Waals surface area contributed by atoms with Crippen LogP contribution in [0.4, 0.5) is 0 Å². The van der Waals surface area contributed by atoms with Crippen LogP contribution in [0, 0.1) is 0 Å². The van der Waals surface area contributed by atoms with Gasteiger partial charge in [0.1, 0.15) is 0 Å². The van der Waals surface area contributed by atoms with E-state index in [2.05, 4.69) is 26.2 Å². The van der Waals surface area contributed by atoms with E-state index in [0.29, 0.717) is 6.61 Å².